The zero-order valence-corrected chi connectivity index (χ0v) is 14.1. The summed E-state index contributed by atoms with van der Waals surface area (Å²) in [4.78, 5) is 25.9. The van der Waals surface area contributed by atoms with Gasteiger partial charge in [0.15, 0.2) is 0 Å². The Hall–Kier alpha value is -2.14. The number of hydrogen-bond acceptors (Lipinski definition) is 4. The summed E-state index contributed by atoms with van der Waals surface area (Å²) >= 11 is 0. The number of benzene rings is 1. The minimum atomic E-state index is -0.897. The summed E-state index contributed by atoms with van der Waals surface area (Å²) in [6.07, 6.45) is 4.24. The molecule has 2 aliphatic rings. The summed E-state index contributed by atoms with van der Waals surface area (Å²) in [5.41, 5.74) is 2.14. The first-order valence-corrected chi connectivity index (χ1v) is 8.35. The van der Waals surface area contributed by atoms with Crippen molar-refractivity contribution in [2.45, 2.75) is 32.8 Å². The molecule has 1 aromatic rings. The number of aliphatic hydroxyl groups is 1. The van der Waals surface area contributed by atoms with Crippen LogP contribution in [-0.4, -0.2) is 41.1 Å². The number of β-amino-alcohol motifs (C(OH)–C–C–N with tert-alkyl or cyclic N) is 1. The van der Waals surface area contributed by atoms with Crippen LogP contribution in [0.25, 0.3) is 0 Å². The molecule has 128 valence electrons. The number of aryl methyl sites for hydroxylation is 2. The molecular formula is C19H23NO4. The molecule has 1 aliphatic heterocycles. The van der Waals surface area contributed by atoms with Crippen LogP contribution in [0, 0.1) is 25.7 Å². The number of likely N-dealkylation sites (tertiary alicyclic amines) is 1. The molecule has 0 aromatic heterocycles. The van der Waals surface area contributed by atoms with Crippen molar-refractivity contribution in [3.8, 4) is 5.75 Å². The van der Waals surface area contributed by atoms with Gasteiger partial charge in [-0.15, -0.1) is 0 Å². The topological polar surface area (TPSA) is 66.8 Å². The van der Waals surface area contributed by atoms with Gasteiger partial charge in [0.1, 0.15) is 18.5 Å². The van der Waals surface area contributed by atoms with Crippen molar-refractivity contribution in [2.24, 2.45) is 11.8 Å². The average molecular weight is 329 g/mol. The number of hydrogen-bond donors (Lipinski definition) is 1. The van der Waals surface area contributed by atoms with E-state index in [9.17, 15) is 14.7 Å². The maximum atomic E-state index is 12.4. The summed E-state index contributed by atoms with van der Waals surface area (Å²) in [7, 11) is 0. The Morgan fingerprint density at radius 2 is 1.79 bits per heavy atom. The molecule has 2 amide bonds. The highest BCUT2D eigenvalue weighted by Gasteiger charge is 2.47. The van der Waals surface area contributed by atoms with Gasteiger partial charge in [-0.25, -0.2) is 0 Å². The second kappa shape index (κ2) is 6.77. The number of rotatable bonds is 5. The van der Waals surface area contributed by atoms with Crippen LogP contribution in [0.15, 0.2) is 30.4 Å². The van der Waals surface area contributed by atoms with Gasteiger partial charge in [0.2, 0.25) is 11.8 Å². The van der Waals surface area contributed by atoms with E-state index in [1.165, 1.54) is 4.90 Å². The van der Waals surface area contributed by atoms with Crippen molar-refractivity contribution in [3.05, 3.63) is 41.5 Å². The zero-order chi connectivity index (χ0) is 17.3. The first kappa shape index (κ1) is 16.7. The van der Waals surface area contributed by atoms with E-state index in [0.717, 1.165) is 11.1 Å². The van der Waals surface area contributed by atoms with E-state index >= 15 is 0 Å². The Balaban J connectivity index is 1.58. The van der Waals surface area contributed by atoms with E-state index < -0.39 is 6.10 Å². The monoisotopic (exact) mass is 329 g/mol. The van der Waals surface area contributed by atoms with Crippen molar-refractivity contribution < 1.29 is 19.4 Å². The van der Waals surface area contributed by atoms with Gasteiger partial charge in [0, 0.05) is 0 Å². The molecule has 3 atom stereocenters. The molecule has 3 rings (SSSR count). The molecule has 0 unspecified atom stereocenters. The fourth-order valence-corrected chi connectivity index (χ4v) is 3.46. The van der Waals surface area contributed by atoms with Crippen molar-refractivity contribution >= 4 is 11.8 Å². The van der Waals surface area contributed by atoms with Crippen molar-refractivity contribution in [3.63, 3.8) is 0 Å². The molecule has 24 heavy (non-hydrogen) atoms. The Morgan fingerprint density at radius 1 is 1.17 bits per heavy atom. The first-order valence-electron chi connectivity index (χ1n) is 8.35. The van der Waals surface area contributed by atoms with Crippen LogP contribution in [0.1, 0.15) is 24.0 Å². The molecule has 0 radical (unpaired) electrons. The number of allylic oxidation sites excluding steroid dienone is 2. The Bertz CT molecular complexity index is 656. The van der Waals surface area contributed by atoms with Crippen molar-refractivity contribution in [2.75, 3.05) is 13.2 Å². The van der Waals surface area contributed by atoms with Gasteiger partial charge >= 0.3 is 0 Å². The molecule has 1 aromatic carbocycles. The highest BCUT2D eigenvalue weighted by atomic mass is 16.5. The second-order valence-electron chi connectivity index (χ2n) is 6.68. The predicted molar refractivity (Wildman–Crippen MR) is 89.5 cm³/mol. The molecule has 1 aliphatic carbocycles. The average Bonchev–Trinajstić information content (AvgIpc) is 2.79. The maximum Gasteiger partial charge on any atom is 0.233 e. The number of imide groups is 1. The minimum Gasteiger partial charge on any atom is -0.491 e. The highest BCUT2D eigenvalue weighted by molar-refractivity contribution is 6.05. The molecule has 1 saturated heterocycles. The van der Waals surface area contributed by atoms with Gasteiger partial charge in [0.05, 0.1) is 18.4 Å². The summed E-state index contributed by atoms with van der Waals surface area (Å²) in [6, 6.07) is 5.82. The summed E-state index contributed by atoms with van der Waals surface area (Å²) < 4.78 is 5.64. The smallest absolute Gasteiger partial charge is 0.233 e. The van der Waals surface area contributed by atoms with E-state index in [2.05, 4.69) is 0 Å². The van der Waals surface area contributed by atoms with Crippen LogP contribution in [0.3, 0.4) is 0 Å². The van der Waals surface area contributed by atoms with E-state index in [-0.39, 0.29) is 36.8 Å². The SMILES string of the molecule is Cc1ccc(OC[C@H](O)CN2C(=O)[C@H]3CC=CC[C@H]3C2=O)c(C)c1. The third kappa shape index (κ3) is 3.22. The summed E-state index contributed by atoms with van der Waals surface area (Å²) in [5, 5.41) is 10.2. The number of ether oxygens (including phenoxy) is 1. The standard InChI is InChI=1S/C19H23NO4/c1-12-7-8-17(13(2)9-12)24-11-14(21)10-20-18(22)15-5-3-4-6-16(15)19(20)23/h3-4,7-9,14-16,21H,5-6,10-11H2,1-2H3/t14-,15-,16+/m1/s1. The van der Waals surface area contributed by atoms with Gasteiger partial charge in [-0.1, -0.05) is 29.8 Å². The second-order valence-corrected chi connectivity index (χ2v) is 6.68. The van der Waals surface area contributed by atoms with E-state index in [0.29, 0.717) is 18.6 Å². The number of nitrogens with zero attached hydrogens (tertiary/aromatic N) is 1. The van der Waals surface area contributed by atoms with Crippen LogP contribution in [0.5, 0.6) is 5.75 Å². The van der Waals surface area contributed by atoms with E-state index in [4.69, 9.17) is 4.74 Å². The maximum absolute atomic E-state index is 12.4. The van der Waals surface area contributed by atoms with E-state index in [1.54, 1.807) is 0 Å². The molecule has 1 heterocycles. The lowest BCUT2D eigenvalue weighted by molar-refractivity contribution is -0.141. The normalized spacial score (nSPS) is 24.2. The van der Waals surface area contributed by atoms with Crippen LogP contribution in [0.2, 0.25) is 0 Å². The largest absolute Gasteiger partial charge is 0.491 e. The third-order valence-corrected chi connectivity index (χ3v) is 4.75. The molecule has 5 nitrogen and oxygen atoms in total. The van der Waals surface area contributed by atoms with Crippen LogP contribution in [-0.2, 0) is 9.59 Å². The van der Waals surface area contributed by atoms with Gasteiger partial charge in [0.25, 0.3) is 0 Å². The third-order valence-electron chi connectivity index (χ3n) is 4.75. The highest BCUT2D eigenvalue weighted by Crippen LogP contribution is 2.35. The Morgan fingerprint density at radius 3 is 2.38 bits per heavy atom. The molecule has 1 N–H and O–H groups in total. The van der Waals surface area contributed by atoms with Gasteiger partial charge in [-0.2, -0.15) is 0 Å². The van der Waals surface area contributed by atoms with Crippen LogP contribution >= 0.6 is 0 Å². The summed E-state index contributed by atoms with van der Waals surface area (Å²) in [5.74, 6) is -0.138. The van der Waals surface area contributed by atoms with Crippen molar-refractivity contribution in [1.29, 1.82) is 0 Å². The fraction of sp³-hybridized carbons (Fsp3) is 0.474. The lowest BCUT2D eigenvalue weighted by Crippen LogP contribution is -2.40. The van der Waals surface area contributed by atoms with Crippen molar-refractivity contribution in [1.82, 2.24) is 4.90 Å². The molecule has 5 heteroatoms. The van der Waals surface area contributed by atoms with Crippen LogP contribution in [0.4, 0.5) is 0 Å². The Kier molecular flexibility index (Phi) is 4.71. The van der Waals surface area contributed by atoms with Crippen LogP contribution < -0.4 is 4.74 Å². The Labute approximate surface area is 141 Å². The lowest BCUT2D eigenvalue weighted by Gasteiger charge is -2.20. The first-order chi connectivity index (χ1) is 11.5. The molecule has 0 bridgehead atoms. The lowest BCUT2D eigenvalue weighted by atomic mass is 9.85. The number of carbonyl (C=O) groups excluding carboxylic acids is 2. The minimum absolute atomic E-state index is 0.00439. The molecular weight excluding hydrogens is 306 g/mol. The number of carbonyl (C=O) groups is 2. The zero-order valence-electron chi connectivity index (χ0n) is 14.1. The fourth-order valence-electron chi connectivity index (χ4n) is 3.46. The quantitative estimate of drug-likeness (QED) is 0.663. The predicted octanol–water partition coefficient (Wildman–Crippen LogP) is 1.99. The number of aliphatic hydroxyl groups excluding tert-OH is 1. The number of amides is 2. The number of fused-ring (bicyclic) bond motifs is 1. The molecule has 1 fully saturated rings. The molecule has 0 saturated carbocycles. The van der Waals surface area contributed by atoms with E-state index in [1.807, 2.05) is 44.2 Å². The van der Waals surface area contributed by atoms with Gasteiger partial charge < -0.3 is 9.84 Å². The van der Waals surface area contributed by atoms with Gasteiger partial charge in [-0.05, 0) is 38.3 Å². The summed E-state index contributed by atoms with van der Waals surface area (Å²) in [6.45, 7) is 3.99. The van der Waals surface area contributed by atoms with Gasteiger partial charge in [-0.3, -0.25) is 14.5 Å². The molecule has 0 spiro atoms.